The third-order valence-electron chi connectivity index (χ3n) is 6.46. The SMILES string of the molecule is CCc1cccc(CC)c1-c1cc(OC(C)C)c(CN2CCCc3ccccc32)c(C)n1. The maximum absolute atomic E-state index is 6.40. The highest BCUT2D eigenvalue weighted by Gasteiger charge is 2.22. The summed E-state index contributed by atoms with van der Waals surface area (Å²) in [5, 5.41) is 0. The van der Waals surface area contributed by atoms with Gasteiger partial charge in [-0.05, 0) is 69.2 Å². The minimum Gasteiger partial charge on any atom is -0.491 e. The monoisotopic (exact) mass is 428 g/mol. The Bertz CT molecular complexity index is 1060. The van der Waals surface area contributed by atoms with Crippen LogP contribution in [0.3, 0.4) is 0 Å². The highest BCUT2D eigenvalue weighted by Crippen LogP contribution is 2.36. The number of aromatic nitrogens is 1. The van der Waals surface area contributed by atoms with E-state index in [1.807, 2.05) is 0 Å². The molecule has 3 nitrogen and oxygen atoms in total. The molecule has 168 valence electrons. The molecule has 0 radical (unpaired) electrons. The van der Waals surface area contributed by atoms with Crippen molar-refractivity contribution in [3.8, 4) is 17.0 Å². The Balaban J connectivity index is 1.79. The predicted molar refractivity (Wildman–Crippen MR) is 135 cm³/mol. The second-order valence-electron chi connectivity index (χ2n) is 9.05. The fourth-order valence-corrected chi connectivity index (χ4v) is 4.89. The first-order valence-corrected chi connectivity index (χ1v) is 12.1. The van der Waals surface area contributed by atoms with Crippen LogP contribution < -0.4 is 9.64 Å². The molecule has 2 heterocycles. The normalized spacial score (nSPS) is 13.4. The molecule has 0 fully saturated rings. The molecule has 1 aliphatic heterocycles. The average molecular weight is 429 g/mol. The second-order valence-corrected chi connectivity index (χ2v) is 9.05. The molecular weight excluding hydrogens is 392 g/mol. The molecule has 32 heavy (non-hydrogen) atoms. The molecule has 1 aromatic heterocycles. The van der Waals surface area contributed by atoms with E-state index in [2.05, 4.69) is 88.0 Å². The van der Waals surface area contributed by atoms with Crippen LogP contribution in [0, 0.1) is 6.92 Å². The molecule has 4 rings (SSSR count). The lowest BCUT2D eigenvalue weighted by Gasteiger charge is -2.32. The third kappa shape index (κ3) is 4.53. The van der Waals surface area contributed by atoms with Gasteiger partial charge in [-0.15, -0.1) is 0 Å². The molecule has 0 bridgehead atoms. The van der Waals surface area contributed by atoms with E-state index in [4.69, 9.17) is 9.72 Å². The summed E-state index contributed by atoms with van der Waals surface area (Å²) in [7, 11) is 0. The first-order valence-electron chi connectivity index (χ1n) is 12.1. The molecule has 3 heteroatoms. The zero-order valence-corrected chi connectivity index (χ0v) is 20.2. The summed E-state index contributed by atoms with van der Waals surface area (Å²) >= 11 is 0. The molecule has 1 aliphatic rings. The molecule has 0 unspecified atom stereocenters. The Morgan fingerprint density at radius 2 is 1.72 bits per heavy atom. The fourth-order valence-electron chi connectivity index (χ4n) is 4.89. The lowest BCUT2D eigenvalue weighted by molar-refractivity contribution is 0.239. The van der Waals surface area contributed by atoms with E-state index in [1.54, 1.807) is 0 Å². The van der Waals surface area contributed by atoms with E-state index in [-0.39, 0.29) is 6.10 Å². The molecular formula is C29H36N2O. The van der Waals surface area contributed by atoms with Crippen LogP contribution in [0.15, 0.2) is 48.5 Å². The van der Waals surface area contributed by atoms with E-state index < -0.39 is 0 Å². The number of benzene rings is 2. The topological polar surface area (TPSA) is 25.4 Å². The number of aryl methyl sites for hydroxylation is 4. The summed E-state index contributed by atoms with van der Waals surface area (Å²) in [6.45, 7) is 12.7. The summed E-state index contributed by atoms with van der Waals surface area (Å²) in [4.78, 5) is 7.64. The average Bonchev–Trinajstić information content (AvgIpc) is 2.80. The van der Waals surface area contributed by atoms with Gasteiger partial charge in [0.2, 0.25) is 0 Å². The van der Waals surface area contributed by atoms with Crippen LogP contribution >= 0.6 is 0 Å². The van der Waals surface area contributed by atoms with Crippen molar-refractivity contribution in [3.63, 3.8) is 0 Å². The highest BCUT2D eigenvalue weighted by atomic mass is 16.5. The van der Waals surface area contributed by atoms with Gasteiger partial charge in [-0.1, -0.05) is 50.2 Å². The van der Waals surface area contributed by atoms with Crippen molar-refractivity contribution in [2.45, 2.75) is 73.0 Å². The first kappa shape index (κ1) is 22.4. The van der Waals surface area contributed by atoms with Gasteiger partial charge in [0, 0.05) is 41.7 Å². The van der Waals surface area contributed by atoms with Crippen LogP contribution in [0.5, 0.6) is 5.75 Å². The number of hydrogen-bond acceptors (Lipinski definition) is 3. The number of pyridine rings is 1. The summed E-state index contributed by atoms with van der Waals surface area (Å²) in [6, 6.07) is 17.6. The van der Waals surface area contributed by atoms with Crippen molar-refractivity contribution in [1.82, 2.24) is 4.98 Å². The minimum absolute atomic E-state index is 0.115. The number of rotatable bonds is 7. The second kappa shape index (κ2) is 9.77. The highest BCUT2D eigenvalue weighted by molar-refractivity contribution is 5.70. The molecule has 0 N–H and O–H groups in total. The van der Waals surface area contributed by atoms with Crippen molar-refractivity contribution < 1.29 is 4.74 Å². The van der Waals surface area contributed by atoms with Crippen molar-refractivity contribution in [2.75, 3.05) is 11.4 Å². The Hall–Kier alpha value is -2.81. The van der Waals surface area contributed by atoms with Crippen molar-refractivity contribution in [2.24, 2.45) is 0 Å². The van der Waals surface area contributed by atoms with Crippen LogP contribution in [0.4, 0.5) is 5.69 Å². The number of ether oxygens (including phenoxy) is 1. The van der Waals surface area contributed by atoms with Crippen LogP contribution in [-0.4, -0.2) is 17.6 Å². The van der Waals surface area contributed by atoms with E-state index in [0.717, 1.165) is 49.5 Å². The molecule has 0 saturated heterocycles. The smallest absolute Gasteiger partial charge is 0.128 e. The standard InChI is InChI=1S/C29H36N2O/c1-6-22-13-10-14-23(7-2)29(22)26-18-28(32-20(3)4)25(21(5)30-26)19-31-17-11-15-24-12-8-9-16-27(24)31/h8-10,12-14,16,18,20H,6-7,11,15,17,19H2,1-5H3. The Morgan fingerprint density at radius 1 is 1.00 bits per heavy atom. The van der Waals surface area contributed by atoms with E-state index in [1.165, 1.54) is 39.9 Å². The zero-order valence-electron chi connectivity index (χ0n) is 20.2. The lowest BCUT2D eigenvalue weighted by atomic mass is 9.94. The van der Waals surface area contributed by atoms with Gasteiger partial charge in [-0.3, -0.25) is 4.98 Å². The maximum Gasteiger partial charge on any atom is 0.128 e. The quantitative estimate of drug-likeness (QED) is 0.408. The Labute approximate surface area is 193 Å². The summed E-state index contributed by atoms with van der Waals surface area (Å²) in [6.07, 6.45) is 4.45. The number of nitrogens with zero attached hydrogens (tertiary/aromatic N) is 2. The largest absolute Gasteiger partial charge is 0.491 e. The maximum atomic E-state index is 6.40. The van der Waals surface area contributed by atoms with Crippen molar-refractivity contribution >= 4 is 5.69 Å². The van der Waals surface area contributed by atoms with Crippen molar-refractivity contribution in [1.29, 1.82) is 0 Å². The molecule has 0 amide bonds. The van der Waals surface area contributed by atoms with Gasteiger partial charge >= 0.3 is 0 Å². The van der Waals surface area contributed by atoms with Gasteiger partial charge in [0.1, 0.15) is 5.75 Å². The molecule has 0 aliphatic carbocycles. The fraction of sp³-hybridized carbons (Fsp3) is 0.414. The van der Waals surface area contributed by atoms with E-state index in [9.17, 15) is 0 Å². The van der Waals surface area contributed by atoms with Gasteiger partial charge in [0.05, 0.1) is 11.8 Å². The summed E-state index contributed by atoms with van der Waals surface area (Å²) in [5.41, 5.74) is 10.1. The van der Waals surface area contributed by atoms with E-state index >= 15 is 0 Å². The lowest BCUT2D eigenvalue weighted by Crippen LogP contribution is -2.29. The van der Waals surface area contributed by atoms with E-state index in [0.29, 0.717) is 0 Å². The van der Waals surface area contributed by atoms with Gasteiger partial charge < -0.3 is 9.64 Å². The minimum atomic E-state index is 0.115. The van der Waals surface area contributed by atoms with Gasteiger partial charge in [0.25, 0.3) is 0 Å². The zero-order chi connectivity index (χ0) is 22.7. The molecule has 0 spiro atoms. The molecule has 3 aromatic rings. The van der Waals surface area contributed by atoms with Gasteiger partial charge in [0.15, 0.2) is 0 Å². The van der Waals surface area contributed by atoms with Crippen molar-refractivity contribution in [3.05, 3.63) is 76.5 Å². The first-order chi connectivity index (χ1) is 15.5. The van der Waals surface area contributed by atoms with Gasteiger partial charge in [-0.2, -0.15) is 0 Å². The van der Waals surface area contributed by atoms with Crippen LogP contribution in [0.2, 0.25) is 0 Å². The van der Waals surface area contributed by atoms with Crippen LogP contribution in [-0.2, 0) is 25.8 Å². The summed E-state index contributed by atoms with van der Waals surface area (Å²) < 4.78 is 6.40. The third-order valence-corrected chi connectivity index (χ3v) is 6.46. The Kier molecular flexibility index (Phi) is 6.83. The molecule has 0 atom stereocenters. The number of hydrogen-bond donors (Lipinski definition) is 0. The predicted octanol–water partition coefficient (Wildman–Crippen LogP) is 6.92. The van der Waals surface area contributed by atoms with Crippen LogP contribution in [0.1, 0.15) is 62.1 Å². The number of anilines is 1. The molecule has 2 aromatic carbocycles. The number of fused-ring (bicyclic) bond motifs is 1. The van der Waals surface area contributed by atoms with Gasteiger partial charge in [-0.25, -0.2) is 0 Å². The summed E-state index contributed by atoms with van der Waals surface area (Å²) in [5.74, 6) is 0.971. The molecule has 0 saturated carbocycles. The van der Waals surface area contributed by atoms with Crippen LogP contribution in [0.25, 0.3) is 11.3 Å². The number of para-hydroxylation sites is 1. The Morgan fingerprint density at radius 3 is 2.41 bits per heavy atom.